The molecule has 1 nitrogen and oxygen atoms in total. The van der Waals surface area contributed by atoms with Crippen LogP contribution in [-0.4, -0.2) is 9.04 Å². The Kier molecular flexibility index (Phi) is 5.44. The van der Waals surface area contributed by atoms with Crippen molar-refractivity contribution < 1.29 is 4.43 Å². The standard InChI is InChI=1S/C20H18BrOSi/c1-16(19-14-8-9-15-20(19)21)22-23(17-10-4-2-5-11-17)18-12-6-3-7-13-18/h2-16H,1H3. The van der Waals surface area contributed by atoms with Crippen LogP contribution in [0.25, 0.3) is 0 Å². The number of hydrogen-bond donors (Lipinski definition) is 0. The van der Waals surface area contributed by atoms with Gasteiger partial charge in [0.05, 0.1) is 6.10 Å². The first-order valence-corrected chi connectivity index (χ1v) is 9.84. The Morgan fingerprint density at radius 1 is 0.739 bits per heavy atom. The highest BCUT2D eigenvalue weighted by Gasteiger charge is 2.23. The van der Waals surface area contributed by atoms with E-state index < -0.39 is 9.04 Å². The van der Waals surface area contributed by atoms with Gasteiger partial charge in [0.1, 0.15) is 0 Å². The predicted octanol–water partition coefficient (Wildman–Crippen LogP) is 4.33. The van der Waals surface area contributed by atoms with Crippen molar-refractivity contribution in [1.29, 1.82) is 0 Å². The maximum absolute atomic E-state index is 6.56. The molecule has 1 radical (unpaired) electrons. The first-order valence-electron chi connectivity index (χ1n) is 7.64. The summed E-state index contributed by atoms with van der Waals surface area (Å²) in [6.07, 6.45) is 0.0277. The van der Waals surface area contributed by atoms with Gasteiger partial charge in [-0.3, -0.25) is 0 Å². The maximum atomic E-state index is 6.56. The Labute approximate surface area is 147 Å². The van der Waals surface area contributed by atoms with E-state index in [4.69, 9.17) is 4.43 Å². The average molecular weight is 382 g/mol. The first kappa shape index (κ1) is 16.2. The number of hydrogen-bond acceptors (Lipinski definition) is 1. The summed E-state index contributed by atoms with van der Waals surface area (Å²) in [7, 11) is -1.28. The lowest BCUT2D eigenvalue weighted by atomic mass is 10.1. The number of benzene rings is 3. The molecule has 0 aliphatic rings. The van der Waals surface area contributed by atoms with Gasteiger partial charge in [-0.05, 0) is 28.9 Å². The molecule has 0 bridgehead atoms. The Morgan fingerprint density at radius 3 is 1.74 bits per heavy atom. The van der Waals surface area contributed by atoms with Gasteiger partial charge in [-0.15, -0.1) is 0 Å². The van der Waals surface area contributed by atoms with Crippen molar-refractivity contribution in [2.75, 3.05) is 0 Å². The van der Waals surface area contributed by atoms with E-state index in [0.29, 0.717) is 0 Å². The fraction of sp³-hybridized carbons (Fsp3) is 0.100. The summed E-state index contributed by atoms with van der Waals surface area (Å²) in [5, 5.41) is 2.53. The van der Waals surface area contributed by atoms with Gasteiger partial charge in [-0.25, -0.2) is 0 Å². The van der Waals surface area contributed by atoms with Crippen molar-refractivity contribution in [1.82, 2.24) is 0 Å². The molecule has 0 aliphatic carbocycles. The van der Waals surface area contributed by atoms with Crippen LogP contribution in [0, 0.1) is 0 Å². The topological polar surface area (TPSA) is 9.23 Å². The molecule has 0 spiro atoms. The van der Waals surface area contributed by atoms with Gasteiger partial charge >= 0.3 is 0 Å². The quantitative estimate of drug-likeness (QED) is 0.597. The average Bonchev–Trinajstić information content (AvgIpc) is 2.61. The fourth-order valence-electron chi connectivity index (χ4n) is 2.53. The number of halogens is 1. The summed E-state index contributed by atoms with van der Waals surface area (Å²) in [6, 6.07) is 29.3. The first-order chi connectivity index (χ1) is 11.3. The molecular formula is C20H18BrOSi. The Balaban J connectivity index is 1.92. The second-order valence-corrected chi connectivity index (χ2v) is 8.25. The van der Waals surface area contributed by atoms with Crippen LogP contribution in [0.1, 0.15) is 18.6 Å². The lowest BCUT2D eigenvalue weighted by Crippen LogP contribution is -2.45. The highest BCUT2D eigenvalue weighted by Crippen LogP contribution is 2.25. The summed E-state index contributed by atoms with van der Waals surface area (Å²) >= 11 is 3.63. The fourth-order valence-corrected chi connectivity index (χ4v) is 5.21. The largest absolute Gasteiger partial charge is 0.400 e. The predicted molar refractivity (Wildman–Crippen MR) is 102 cm³/mol. The van der Waals surface area contributed by atoms with Crippen molar-refractivity contribution in [3.8, 4) is 0 Å². The molecule has 3 aromatic carbocycles. The van der Waals surface area contributed by atoms with E-state index in [2.05, 4.69) is 89.6 Å². The SMILES string of the molecule is CC(O[Si](c1ccccc1)c1ccccc1)c1ccccc1Br. The van der Waals surface area contributed by atoms with Crippen LogP contribution in [0.5, 0.6) is 0 Å². The van der Waals surface area contributed by atoms with E-state index in [-0.39, 0.29) is 6.10 Å². The monoisotopic (exact) mass is 381 g/mol. The molecule has 0 heterocycles. The van der Waals surface area contributed by atoms with E-state index in [0.717, 1.165) is 4.47 Å². The second-order valence-electron chi connectivity index (χ2n) is 5.34. The molecule has 3 heteroatoms. The third-order valence-corrected chi connectivity index (χ3v) is 6.74. The molecule has 0 N–H and O–H groups in total. The lowest BCUT2D eigenvalue weighted by Gasteiger charge is -2.22. The Morgan fingerprint density at radius 2 is 1.22 bits per heavy atom. The van der Waals surface area contributed by atoms with Crippen LogP contribution in [-0.2, 0) is 4.43 Å². The second kappa shape index (κ2) is 7.73. The van der Waals surface area contributed by atoms with Crippen molar-refractivity contribution in [3.63, 3.8) is 0 Å². The van der Waals surface area contributed by atoms with Crippen LogP contribution >= 0.6 is 15.9 Å². The molecule has 3 rings (SSSR count). The molecule has 0 aliphatic heterocycles. The van der Waals surface area contributed by atoms with E-state index in [1.807, 2.05) is 18.2 Å². The third kappa shape index (κ3) is 3.99. The molecular weight excluding hydrogens is 364 g/mol. The minimum absolute atomic E-state index is 0.0277. The van der Waals surface area contributed by atoms with Crippen molar-refractivity contribution >= 4 is 35.3 Å². The maximum Gasteiger partial charge on any atom is 0.283 e. The molecule has 1 atom stereocenters. The zero-order chi connectivity index (χ0) is 16.1. The lowest BCUT2D eigenvalue weighted by molar-refractivity contribution is 0.236. The highest BCUT2D eigenvalue weighted by atomic mass is 79.9. The van der Waals surface area contributed by atoms with Crippen LogP contribution in [0.15, 0.2) is 89.4 Å². The van der Waals surface area contributed by atoms with Crippen molar-refractivity contribution in [2.45, 2.75) is 13.0 Å². The zero-order valence-corrected chi connectivity index (χ0v) is 15.5. The molecule has 115 valence electrons. The van der Waals surface area contributed by atoms with Gasteiger partial charge in [-0.1, -0.05) is 94.8 Å². The molecule has 0 amide bonds. The van der Waals surface area contributed by atoms with Gasteiger partial charge in [0.15, 0.2) is 0 Å². The van der Waals surface area contributed by atoms with Crippen molar-refractivity contribution in [3.05, 3.63) is 95.0 Å². The Bertz CT molecular complexity index is 706. The van der Waals surface area contributed by atoms with Crippen LogP contribution in [0.2, 0.25) is 0 Å². The van der Waals surface area contributed by atoms with E-state index in [1.54, 1.807) is 0 Å². The van der Waals surface area contributed by atoms with Crippen LogP contribution < -0.4 is 10.4 Å². The van der Waals surface area contributed by atoms with Gasteiger partial charge in [0.25, 0.3) is 9.04 Å². The number of rotatable bonds is 5. The van der Waals surface area contributed by atoms with Crippen molar-refractivity contribution in [2.24, 2.45) is 0 Å². The molecule has 0 saturated heterocycles. The third-order valence-electron chi connectivity index (χ3n) is 3.71. The van der Waals surface area contributed by atoms with Gasteiger partial charge in [0.2, 0.25) is 0 Å². The minimum atomic E-state index is -1.28. The molecule has 1 unspecified atom stereocenters. The summed E-state index contributed by atoms with van der Waals surface area (Å²) in [4.78, 5) is 0. The van der Waals surface area contributed by atoms with Crippen LogP contribution in [0.4, 0.5) is 0 Å². The molecule has 3 aromatic rings. The smallest absolute Gasteiger partial charge is 0.283 e. The Hall–Kier alpha value is -1.68. The van der Waals surface area contributed by atoms with E-state index in [1.165, 1.54) is 15.9 Å². The zero-order valence-electron chi connectivity index (χ0n) is 12.9. The molecule has 0 saturated carbocycles. The summed E-state index contributed by atoms with van der Waals surface area (Å²) in [6.45, 7) is 2.12. The summed E-state index contributed by atoms with van der Waals surface area (Å²) in [5.41, 5.74) is 1.18. The van der Waals surface area contributed by atoms with E-state index >= 15 is 0 Å². The van der Waals surface area contributed by atoms with Gasteiger partial charge in [0, 0.05) is 4.47 Å². The van der Waals surface area contributed by atoms with Gasteiger partial charge < -0.3 is 4.43 Å². The van der Waals surface area contributed by atoms with E-state index in [9.17, 15) is 0 Å². The molecule has 23 heavy (non-hydrogen) atoms. The summed E-state index contributed by atoms with van der Waals surface area (Å²) in [5.74, 6) is 0. The van der Waals surface area contributed by atoms with Crippen LogP contribution in [0.3, 0.4) is 0 Å². The van der Waals surface area contributed by atoms with Gasteiger partial charge in [-0.2, -0.15) is 0 Å². The molecule has 0 aromatic heterocycles. The molecule has 0 fully saturated rings. The summed E-state index contributed by atoms with van der Waals surface area (Å²) < 4.78 is 7.65. The highest BCUT2D eigenvalue weighted by molar-refractivity contribution is 9.10. The minimum Gasteiger partial charge on any atom is -0.400 e. The normalized spacial score (nSPS) is 12.3.